The first-order valence-corrected chi connectivity index (χ1v) is 12.3. The highest BCUT2D eigenvalue weighted by atomic mass is 32.2. The van der Waals surface area contributed by atoms with Gasteiger partial charge in [-0.25, -0.2) is 14.7 Å². The number of carbonyl (C=O) groups is 1. The minimum absolute atomic E-state index is 0.0224. The Kier molecular flexibility index (Phi) is 6.79. The fourth-order valence-corrected chi connectivity index (χ4v) is 5.51. The molecule has 2 heterocycles. The van der Waals surface area contributed by atoms with E-state index in [0.29, 0.717) is 6.54 Å². The number of amides is 2. The number of unbranched alkanes of at least 4 members (excludes halogenated alkanes) is 3. The lowest BCUT2D eigenvalue weighted by molar-refractivity contribution is 0.229. The van der Waals surface area contributed by atoms with Crippen LogP contribution in [0.2, 0.25) is 0 Å². The van der Waals surface area contributed by atoms with Gasteiger partial charge in [-0.15, -0.1) is 11.8 Å². The number of carbonyl (C=O) groups excluding carboxylic acids is 1. The molecule has 1 fully saturated rings. The first kappa shape index (κ1) is 21.0. The van der Waals surface area contributed by atoms with Crippen molar-refractivity contribution in [3.05, 3.63) is 48.5 Å². The molecule has 2 aromatic carbocycles. The van der Waals surface area contributed by atoms with Crippen molar-refractivity contribution in [3.8, 4) is 0 Å². The molecule has 0 radical (unpaired) electrons. The quantitative estimate of drug-likeness (QED) is 0.314. The lowest BCUT2D eigenvalue weighted by Crippen LogP contribution is -2.39. The first-order valence-electron chi connectivity index (χ1n) is 10.5. The summed E-state index contributed by atoms with van der Waals surface area (Å²) in [7, 11) is 1.84. The largest absolute Gasteiger partial charge is 0.363 e. The minimum Gasteiger partial charge on any atom is -0.363 e. The Morgan fingerprint density at radius 2 is 1.93 bits per heavy atom. The van der Waals surface area contributed by atoms with Crippen molar-refractivity contribution in [1.29, 1.82) is 0 Å². The Balaban J connectivity index is 1.43. The molecule has 0 saturated carbocycles. The normalized spacial score (nSPS) is 16.6. The maximum Gasteiger partial charge on any atom is 0.327 e. The van der Waals surface area contributed by atoms with Gasteiger partial charge in [-0.05, 0) is 48.6 Å². The van der Waals surface area contributed by atoms with Gasteiger partial charge in [-0.3, -0.25) is 0 Å². The van der Waals surface area contributed by atoms with Gasteiger partial charge in [0.15, 0.2) is 5.13 Å². The van der Waals surface area contributed by atoms with E-state index in [1.165, 1.54) is 36.3 Å². The lowest BCUT2D eigenvalue weighted by atomic mass is 10.2. The minimum atomic E-state index is -0.143. The number of anilines is 2. The van der Waals surface area contributed by atoms with Gasteiger partial charge < -0.3 is 10.2 Å². The average Bonchev–Trinajstić information content (AvgIpc) is 3.29. The molecule has 1 saturated heterocycles. The SMILES string of the molecule is CCCCCCSc1ccc(NC2CN(C)C(=O)N2c2nc3ccccc3s2)cc1. The summed E-state index contributed by atoms with van der Waals surface area (Å²) < 4.78 is 1.09. The summed E-state index contributed by atoms with van der Waals surface area (Å²) >= 11 is 3.47. The Morgan fingerprint density at radius 1 is 1.13 bits per heavy atom. The van der Waals surface area contributed by atoms with E-state index in [1.54, 1.807) is 21.1 Å². The topological polar surface area (TPSA) is 48.5 Å². The fraction of sp³-hybridized carbons (Fsp3) is 0.391. The molecular weight excluding hydrogens is 412 g/mol. The van der Waals surface area contributed by atoms with Crippen LogP contribution in [0.15, 0.2) is 53.4 Å². The molecule has 1 atom stereocenters. The number of thiazole rings is 1. The molecule has 4 rings (SSSR count). The molecule has 1 N–H and O–H groups in total. The molecule has 5 nitrogen and oxygen atoms in total. The summed E-state index contributed by atoms with van der Waals surface area (Å²) in [6.07, 6.45) is 5.04. The molecule has 0 spiro atoms. The van der Waals surface area contributed by atoms with Gasteiger partial charge in [-0.1, -0.05) is 49.7 Å². The third-order valence-electron chi connectivity index (χ3n) is 5.23. The number of benzene rings is 2. The lowest BCUT2D eigenvalue weighted by Gasteiger charge is -2.22. The number of thioether (sulfide) groups is 1. The van der Waals surface area contributed by atoms with Crippen molar-refractivity contribution in [2.24, 2.45) is 0 Å². The van der Waals surface area contributed by atoms with Crippen molar-refractivity contribution in [2.45, 2.75) is 43.7 Å². The second-order valence-corrected chi connectivity index (χ2v) is 9.77. The van der Waals surface area contributed by atoms with Gasteiger partial charge in [0.25, 0.3) is 0 Å². The molecule has 1 aliphatic rings. The van der Waals surface area contributed by atoms with Crippen molar-refractivity contribution in [2.75, 3.05) is 29.6 Å². The number of fused-ring (bicyclic) bond motifs is 1. The number of hydrogen-bond donors (Lipinski definition) is 1. The summed E-state index contributed by atoms with van der Waals surface area (Å²) in [4.78, 5) is 22.3. The highest BCUT2D eigenvalue weighted by Gasteiger charge is 2.38. The Bertz CT molecular complexity index is 955. The fourth-order valence-electron chi connectivity index (χ4n) is 3.58. The van der Waals surface area contributed by atoms with E-state index < -0.39 is 0 Å². The van der Waals surface area contributed by atoms with E-state index in [1.807, 2.05) is 43.1 Å². The zero-order chi connectivity index (χ0) is 20.9. The molecule has 0 bridgehead atoms. The van der Waals surface area contributed by atoms with E-state index in [2.05, 4.69) is 36.5 Å². The van der Waals surface area contributed by atoms with Crippen LogP contribution in [0, 0.1) is 0 Å². The second kappa shape index (κ2) is 9.71. The number of likely N-dealkylation sites (N-methyl/N-ethyl adjacent to an activating group) is 1. The zero-order valence-corrected chi connectivity index (χ0v) is 19.1. The third kappa shape index (κ3) is 4.73. The molecular formula is C23H28N4OS2. The highest BCUT2D eigenvalue weighted by molar-refractivity contribution is 7.99. The molecule has 0 aliphatic carbocycles. The number of hydrogen-bond acceptors (Lipinski definition) is 5. The van der Waals surface area contributed by atoms with Crippen molar-refractivity contribution in [1.82, 2.24) is 9.88 Å². The molecule has 7 heteroatoms. The summed E-state index contributed by atoms with van der Waals surface area (Å²) in [5.41, 5.74) is 1.95. The summed E-state index contributed by atoms with van der Waals surface area (Å²) in [6, 6.07) is 16.5. The van der Waals surface area contributed by atoms with Crippen LogP contribution in [0.4, 0.5) is 15.6 Å². The number of nitrogens with zero attached hydrogens (tertiary/aromatic N) is 3. The smallest absolute Gasteiger partial charge is 0.327 e. The monoisotopic (exact) mass is 440 g/mol. The molecule has 1 aromatic heterocycles. The Labute approximate surface area is 186 Å². The van der Waals surface area contributed by atoms with Crippen LogP contribution in [-0.4, -0.2) is 41.4 Å². The van der Waals surface area contributed by atoms with Crippen molar-refractivity contribution < 1.29 is 4.79 Å². The average molecular weight is 441 g/mol. The van der Waals surface area contributed by atoms with Gasteiger partial charge in [0.2, 0.25) is 0 Å². The van der Waals surface area contributed by atoms with Crippen LogP contribution in [-0.2, 0) is 0 Å². The van der Waals surface area contributed by atoms with E-state index in [4.69, 9.17) is 4.98 Å². The van der Waals surface area contributed by atoms with Gasteiger partial charge in [0.1, 0.15) is 6.17 Å². The third-order valence-corrected chi connectivity index (χ3v) is 7.37. The summed E-state index contributed by atoms with van der Waals surface area (Å²) in [6.45, 7) is 2.86. The van der Waals surface area contributed by atoms with E-state index in [-0.39, 0.29) is 12.2 Å². The summed E-state index contributed by atoms with van der Waals surface area (Å²) in [5.74, 6) is 1.17. The number of para-hydroxylation sites is 1. The van der Waals surface area contributed by atoms with Crippen LogP contribution in [0.25, 0.3) is 10.2 Å². The highest BCUT2D eigenvalue weighted by Crippen LogP contribution is 2.33. The molecule has 1 unspecified atom stereocenters. The number of rotatable bonds is 9. The molecule has 3 aromatic rings. The molecule has 2 amide bonds. The van der Waals surface area contributed by atoms with E-state index in [9.17, 15) is 4.79 Å². The summed E-state index contributed by atoms with van der Waals surface area (Å²) in [5, 5.41) is 4.26. The van der Waals surface area contributed by atoms with Crippen LogP contribution in [0.1, 0.15) is 32.6 Å². The number of nitrogens with one attached hydrogen (secondary N) is 1. The maximum absolute atomic E-state index is 12.8. The Morgan fingerprint density at radius 3 is 2.70 bits per heavy atom. The van der Waals surface area contributed by atoms with Crippen LogP contribution < -0.4 is 10.2 Å². The molecule has 30 heavy (non-hydrogen) atoms. The molecule has 1 aliphatic heterocycles. The molecule has 158 valence electrons. The van der Waals surface area contributed by atoms with Gasteiger partial charge in [0.05, 0.1) is 16.8 Å². The van der Waals surface area contributed by atoms with E-state index >= 15 is 0 Å². The van der Waals surface area contributed by atoms with Crippen LogP contribution in [0.3, 0.4) is 0 Å². The number of urea groups is 1. The van der Waals surface area contributed by atoms with Gasteiger partial charge in [-0.2, -0.15) is 0 Å². The predicted molar refractivity (Wildman–Crippen MR) is 129 cm³/mol. The zero-order valence-electron chi connectivity index (χ0n) is 17.5. The van der Waals surface area contributed by atoms with E-state index in [0.717, 1.165) is 21.0 Å². The van der Waals surface area contributed by atoms with Crippen molar-refractivity contribution >= 4 is 50.2 Å². The standard InChI is InChI=1S/C23H28N4OS2/c1-3-4-5-8-15-29-18-13-11-17(12-14-18)24-21-16-26(2)23(28)27(21)22-25-19-9-6-7-10-20(19)30-22/h6-7,9-14,21,24H,3-5,8,15-16H2,1-2H3. The van der Waals surface area contributed by atoms with Gasteiger partial charge >= 0.3 is 6.03 Å². The van der Waals surface area contributed by atoms with Crippen molar-refractivity contribution in [3.63, 3.8) is 0 Å². The van der Waals surface area contributed by atoms with Crippen LogP contribution in [0.5, 0.6) is 0 Å². The first-order chi connectivity index (χ1) is 14.7. The predicted octanol–water partition coefficient (Wildman–Crippen LogP) is 6.28. The van der Waals surface area contributed by atoms with Crippen LogP contribution >= 0.6 is 23.1 Å². The maximum atomic E-state index is 12.8. The number of aromatic nitrogens is 1. The van der Waals surface area contributed by atoms with Gasteiger partial charge in [0, 0.05) is 17.6 Å². The Hall–Kier alpha value is -2.25. The second-order valence-electron chi connectivity index (χ2n) is 7.59.